The molecule has 0 heterocycles. The van der Waals surface area contributed by atoms with Crippen molar-refractivity contribution in [2.24, 2.45) is 0 Å². The first-order valence-electron chi connectivity index (χ1n) is 3.57. The number of rotatable bonds is 4. The summed E-state index contributed by atoms with van der Waals surface area (Å²) in [5, 5.41) is 9.13. The minimum atomic E-state index is -0.423. The first kappa shape index (κ1) is 9.99. The molecule has 60 valence electrons. The molecule has 0 saturated heterocycles. The first-order valence-corrected chi connectivity index (χ1v) is 4.01. The zero-order valence-corrected chi connectivity index (χ0v) is 7.36. The Morgan fingerprint density at radius 1 is 1.70 bits per heavy atom. The lowest BCUT2D eigenvalue weighted by Crippen LogP contribution is -2.08. The molecular formula is C8H15ClO. The van der Waals surface area contributed by atoms with Crippen LogP contribution in [0.1, 0.15) is 26.7 Å². The molecule has 0 aliphatic rings. The number of halogens is 1. The summed E-state index contributed by atoms with van der Waals surface area (Å²) < 4.78 is 0. The normalized spacial score (nSPS) is 16.4. The van der Waals surface area contributed by atoms with E-state index in [4.69, 9.17) is 16.7 Å². The van der Waals surface area contributed by atoms with E-state index in [9.17, 15) is 0 Å². The lowest BCUT2D eigenvalue weighted by Gasteiger charge is -2.11. The highest BCUT2D eigenvalue weighted by atomic mass is 35.5. The molecule has 0 fully saturated rings. The maximum absolute atomic E-state index is 9.01. The Morgan fingerprint density at radius 2 is 2.20 bits per heavy atom. The molecule has 0 aromatic rings. The van der Waals surface area contributed by atoms with Crippen LogP contribution in [0.3, 0.4) is 0 Å². The summed E-state index contributed by atoms with van der Waals surface area (Å²) in [5.74, 6) is 0. The maximum Gasteiger partial charge on any atom is 0.0719 e. The molecule has 2 atom stereocenters. The van der Waals surface area contributed by atoms with Crippen molar-refractivity contribution in [3.63, 3.8) is 0 Å². The predicted molar refractivity (Wildman–Crippen MR) is 45.4 cm³/mol. The molecule has 0 radical (unpaired) electrons. The third kappa shape index (κ3) is 3.91. The molecule has 0 spiro atoms. The van der Waals surface area contributed by atoms with Gasteiger partial charge >= 0.3 is 0 Å². The lowest BCUT2D eigenvalue weighted by molar-refractivity contribution is 0.227. The first-order chi connectivity index (χ1) is 4.57. The highest BCUT2D eigenvalue weighted by molar-refractivity contribution is 6.20. The molecule has 0 bridgehead atoms. The van der Waals surface area contributed by atoms with Crippen molar-refractivity contribution < 1.29 is 5.11 Å². The van der Waals surface area contributed by atoms with Gasteiger partial charge in [0.05, 0.1) is 6.10 Å². The van der Waals surface area contributed by atoms with Crippen LogP contribution in [0.5, 0.6) is 0 Å². The van der Waals surface area contributed by atoms with E-state index < -0.39 is 6.10 Å². The van der Waals surface area contributed by atoms with Crippen LogP contribution >= 0.6 is 11.6 Å². The van der Waals surface area contributed by atoms with Crippen LogP contribution in [0, 0.1) is 0 Å². The number of hydrogen-bond acceptors (Lipinski definition) is 1. The lowest BCUT2D eigenvalue weighted by atomic mass is 10.1. The fourth-order valence-electron chi connectivity index (χ4n) is 0.599. The molecule has 0 aliphatic carbocycles. The number of aliphatic hydroxyl groups excluding tert-OH is 1. The minimum Gasteiger partial charge on any atom is -0.389 e. The Balaban J connectivity index is 3.57. The van der Waals surface area contributed by atoms with E-state index >= 15 is 0 Å². The number of hydrogen-bond donors (Lipinski definition) is 1. The van der Waals surface area contributed by atoms with E-state index in [0.717, 1.165) is 18.4 Å². The van der Waals surface area contributed by atoms with Gasteiger partial charge in [0.15, 0.2) is 0 Å². The quantitative estimate of drug-likeness (QED) is 0.497. The Morgan fingerprint density at radius 3 is 2.50 bits per heavy atom. The zero-order chi connectivity index (χ0) is 8.15. The van der Waals surface area contributed by atoms with Gasteiger partial charge in [-0.05, 0) is 25.3 Å². The summed E-state index contributed by atoms with van der Waals surface area (Å²) in [6, 6.07) is 0. The Bertz CT molecular complexity index is 110. The summed E-state index contributed by atoms with van der Waals surface area (Å²) in [6.45, 7) is 7.44. The van der Waals surface area contributed by atoms with Crippen LogP contribution in [0.2, 0.25) is 0 Å². The van der Waals surface area contributed by atoms with Gasteiger partial charge in [-0.25, -0.2) is 0 Å². The van der Waals surface area contributed by atoms with Crippen LogP contribution in [0.15, 0.2) is 12.2 Å². The van der Waals surface area contributed by atoms with E-state index in [2.05, 4.69) is 6.58 Å². The monoisotopic (exact) mass is 162 g/mol. The van der Waals surface area contributed by atoms with Gasteiger partial charge in [-0.15, -0.1) is 11.6 Å². The van der Waals surface area contributed by atoms with Gasteiger partial charge in [0, 0.05) is 5.38 Å². The molecular weight excluding hydrogens is 148 g/mol. The van der Waals surface area contributed by atoms with Crippen molar-refractivity contribution >= 4 is 11.6 Å². The fourth-order valence-corrected chi connectivity index (χ4v) is 0.798. The van der Waals surface area contributed by atoms with E-state index in [0.29, 0.717) is 0 Å². The highest BCUT2D eigenvalue weighted by Crippen LogP contribution is 2.14. The smallest absolute Gasteiger partial charge is 0.0719 e. The summed E-state index contributed by atoms with van der Waals surface area (Å²) in [6.07, 6.45) is 1.22. The Kier molecular flexibility index (Phi) is 4.75. The number of aliphatic hydroxyl groups is 1. The van der Waals surface area contributed by atoms with Crippen LogP contribution < -0.4 is 0 Å². The van der Waals surface area contributed by atoms with Crippen molar-refractivity contribution in [3.05, 3.63) is 12.2 Å². The van der Waals surface area contributed by atoms with E-state index in [-0.39, 0.29) is 5.38 Å². The second kappa shape index (κ2) is 4.75. The fraction of sp³-hybridized carbons (Fsp3) is 0.750. The van der Waals surface area contributed by atoms with Crippen molar-refractivity contribution in [2.45, 2.75) is 38.2 Å². The molecule has 0 amide bonds. The summed E-state index contributed by atoms with van der Waals surface area (Å²) >= 11 is 5.83. The van der Waals surface area contributed by atoms with Gasteiger partial charge < -0.3 is 5.11 Å². The third-order valence-electron chi connectivity index (χ3n) is 1.52. The Hall–Kier alpha value is -0.0100. The maximum atomic E-state index is 9.01. The van der Waals surface area contributed by atoms with Gasteiger partial charge in [-0.2, -0.15) is 0 Å². The van der Waals surface area contributed by atoms with Gasteiger partial charge in [0.2, 0.25) is 0 Å². The highest BCUT2D eigenvalue weighted by Gasteiger charge is 2.07. The SMILES string of the molecule is C=C(CC(Cl)CC)C(C)O. The molecule has 1 nitrogen and oxygen atoms in total. The minimum absolute atomic E-state index is 0.127. The van der Waals surface area contributed by atoms with E-state index in [1.54, 1.807) is 6.92 Å². The van der Waals surface area contributed by atoms with Gasteiger partial charge in [0.1, 0.15) is 0 Å². The van der Waals surface area contributed by atoms with Crippen LogP contribution in [-0.2, 0) is 0 Å². The molecule has 0 saturated carbocycles. The van der Waals surface area contributed by atoms with E-state index in [1.165, 1.54) is 0 Å². The Labute approximate surface area is 67.7 Å². The average Bonchev–Trinajstić information content (AvgIpc) is 1.87. The third-order valence-corrected chi connectivity index (χ3v) is 1.98. The molecule has 0 aromatic heterocycles. The van der Waals surface area contributed by atoms with Gasteiger partial charge in [-0.1, -0.05) is 13.5 Å². The molecule has 2 unspecified atom stereocenters. The van der Waals surface area contributed by atoms with Crippen LogP contribution in [-0.4, -0.2) is 16.6 Å². The van der Waals surface area contributed by atoms with Crippen molar-refractivity contribution in [2.75, 3.05) is 0 Å². The molecule has 0 aromatic carbocycles. The summed E-state index contributed by atoms with van der Waals surface area (Å²) in [5.41, 5.74) is 0.821. The second-order valence-corrected chi connectivity index (χ2v) is 3.16. The van der Waals surface area contributed by atoms with Crippen molar-refractivity contribution in [1.82, 2.24) is 0 Å². The van der Waals surface area contributed by atoms with Gasteiger partial charge in [0.25, 0.3) is 0 Å². The largest absolute Gasteiger partial charge is 0.389 e. The van der Waals surface area contributed by atoms with Crippen molar-refractivity contribution in [3.8, 4) is 0 Å². The zero-order valence-electron chi connectivity index (χ0n) is 6.60. The topological polar surface area (TPSA) is 20.2 Å². The van der Waals surface area contributed by atoms with E-state index in [1.807, 2.05) is 6.92 Å². The second-order valence-electron chi connectivity index (χ2n) is 2.54. The summed E-state index contributed by atoms with van der Waals surface area (Å²) in [4.78, 5) is 0. The summed E-state index contributed by atoms with van der Waals surface area (Å²) in [7, 11) is 0. The van der Waals surface area contributed by atoms with Crippen LogP contribution in [0.4, 0.5) is 0 Å². The molecule has 1 N–H and O–H groups in total. The van der Waals surface area contributed by atoms with Crippen molar-refractivity contribution in [1.29, 1.82) is 0 Å². The predicted octanol–water partition coefficient (Wildman–Crippen LogP) is 2.33. The molecule has 2 heteroatoms. The van der Waals surface area contributed by atoms with Gasteiger partial charge in [-0.3, -0.25) is 0 Å². The molecule has 0 aliphatic heterocycles. The molecule has 10 heavy (non-hydrogen) atoms. The number of alkyl halides is 1. The average molecular weight is 163 g/mol. The van der Waals surface area contributed by atoms with Crippen LogP contribution in [0.25, 0.3) is 0 Å². The standard InChI is InChI=1S/C8H15ClO/c1-4-8(9)5-6(2)7(3)10/h7-8,10H,2,4-5H2,1,3H3. The molecule has 0 rings (SSSR count).